The zero-order valence-corrected chi connectivity index (χ0v) is 19.0. The van der Waals surface area contributed by atoms with E-state index >= 15 is 0 Å². The van der Waals surface area contributed by atoms with Crippen molar-refractivity contribution >= 4 is 62.3 Å². The van der Waals surface area contributed by atoms with Crippen molar-refractivity contribution in [2.45, 2.75) is 6.61 Å². The molecule has 5 aromatic rings. The highest BCUT2D eigenvalue weighted by Crippen LogP contribution is 2.35. The molecule has 33 heavy (non-hydrogen) atoms. The van der Waals surface area contributed by atoms with E-state index in [2.05, 4.69) is 4.98 Å². The average molecular weight is 498 g/mol. The van der Waals surface area contributed by atoms with Gasteiger partial charge in [0.15, 0.2) is 10.7 Å². The summed E-state index contributed by atoms with van der Waals surface area (Å²) in [5.74, 6) is 0.260. The molecule has 0 saturated heterocycles. The molecule has 0 aliphatic carbocycles. The Balaban J connectivity index is 1.46. The van der Waals surface area contributed by atoms with Crippen molar-refractivity contribution in [1.82, 2.24) is 9.38 Å². The summed E-state index contributed by atoms with van der Waals surface area (Å²) in [6.07, 6.45) is 1.71. The van der Waals surface area contributed by atoms with E-state index < -0.39 is 4.92 Å². The SMILES string of the molecule is O=c1c(=Cc2cc(Cl)c(OCc3cccc([N+](=O)[O-])c3)c(Cl)c2)sc2nc3ccccc3n12. The molecule has 10 heteroatoms. The number of halogens is 2. The summed E-state index contributed by atoms with van der Waals surface area (Å²) in [7, 11) is 0. The smallest absolute Gasteiger partial charge is 0.274 e. The number of nitro groups is 1. The van der Waals surface area contributed by atoms with E-state index in [4.69, 9.17) is 27.9 Å². The molecule has 0 fully saturated rings. The molecular formula is C23H13Cl2N3O4S. The van der Waals surface area contributed by atoms with E-state index in [1.807, 2.05) is 24.3 Å². The Morgan fingerprint density at radius 1 is 1.09 bits per heavy atom. The highest BCUT2D eigenvalue weighted by Gasteiger charge is 2.13. The number of nitro benzene ring substituents is 1. The zero-order valence-electron chi connectivity index (χ0n) is 16.7. The summed E-state index contributed by atoms with van der Waals surface area (Å²) in [4.78, 5) is 28.5. The van der Waals surface area contributed by atoms with Gasteiger partial charge in [-0.15, -0.1) is 0 Å². The number of hydrogen-bond donors (Lipinski definition) is 0. The largest absolute Gasteiger partial charge is 0.486 e. The number of hydrogen-bond acceptors (Lipinski definition) is 6. The van der Waals surface area contributed by atoms with E-state index in [0.717, 1.165) is 11.0 Å². The Morgan fingerprint density at radius 3 is 2.61 bits per heavy atom. The summed E-state index contributed by atoms with van der Waals surface area (Å²) in [5.41, 5.74) is 2.58. The van der Waals surface area contributed by atoms with Gasteiger partial charge in [0.1, 0.15) is 6.61 Å². The Labute approximate surface area is 200 Å². The molecule has 0 N–H and O–H groups in total. The summed E-state index contributed by atoms with van der Waals surface area (Å²) in [6.45, 7) is 0.0596. The molecule has 0 amide bonds. The number of ether oxygens (including phenoxy) is 1. The van der Waals surface area contributed by atoms with Crippen molar-refractivity contribution < 1.29 is 9.66 Å². The summed E-state index contributed by atoms with van der Waals surface area (Å²) < 4.78 is 7.82. The van der Waals surface area contributed by atoms with Gasteiger partial charge >= 0.3 is 0 Å². The number of rotatable bonds is 5. The second kappa shape index (κ2) is 8.47. The van der Waals surface area contributed by atoms with Gasteiger partial charge in [-0.05, 0) is 41.5 Å². The van der Waals surface area contributed by atoms with Gasteiger partial charge in [-0.1, -0.05) is 58.8 Å². The molecule has 0 radical (unpaired) electrons. The number of para-hydroxylation sites is 2. The lowest BCUT2D eigenvalue weighted by Gasteiger charge is -2.11. The van der Waals surface area contributed by atoms with Crippen LogP contribution in [0.25, 0.3) is 22.1 Å². The van der Waals surface area contributed by atoms with Crippen molar-refractivity contribution in [1.29, 1.82) is 0 Å². The summed E-state index contributed by atoms with van der Waals surface area (Å²) in [5, 5.41) is 11.5. The highest BCUT2D eigenvalue weighted by atomic mass is 35.5. The maximum atomic E-state index is 12.9. The molecule has 2 heterocycles. The molecule has 0 aliphatic heterocycles. The Bertz CT molecular complexity index is 1640. The first-order chi connectivity index (χ1) is 15.9. The van der Waals surface area contributed by atoms with E-state index in [0.29, 0.717) is 20.6 Å². The van der Waals surface area contributed by atoms with Crippen LogP contribution in [0, 0.1) is 10.1 Å². The number of imidazole rings is 1. The van der Waals surface area contributed by atoms with E-state index in [1.54, 1.807) is 34.7 Å². The van der Waals surface area contributed by atoms with Crippen LogP contribution in [0.5, 0.6) is 5.75 Å². The maximum absolute atomic E-state index is 12.9. The topological polar surface area (TPSA) is 86.7 Å². The molecule has 0 atom stereocenters. The van der Waals surface area contributed by atoms with Crippen molar-refractivity contribution in [3.05, 3.63) is 107 Å². The molecule has 164 valence electrons. The van der Waals surface area contributed by atoms with Gasteiger partial charge in [-0.3, -0.25) is 14.9 Å². The predicted molar refractivity (Wildman–Crippen MR) is 130 cm³/mol. The lowest BCUT2D eigenvalue weighted by Crippen LogP contribution is -2.22. The number of aromatic nitrogens is 2. The second-order valence-electron chi connectivity index (χ2n) is 7.16. The minimum atomic E-state index is -0.469. The third kappa shape index (κ3) is 4.04. The first-order valence-electron chi connectivity index (χ1n) is 9.67. The number of thiazole rings is 1. The molecule has 0 saturated carbocycles. The highest BCUT2D eigenvalue weighted by molar-refractivity contribution is 7.15. The van der Waals surface area contributed by atoms with Crippen molar-refractivity contribution in [2.75, 3.05) is 0 Å². The van der Waals surface area contributed by atoms with Gasteiger partial charge in [0.2, 0.25) is 0 Å². The van der Waals surface area contributed by atoms with Crippen LogP contribution in [-0.4, -0.2) is 14.3 Å². The van der Waals surface area contributed by atoms with E-state index in [1.165, 1.54) is 23.5 Å². The number of benzene rings is 3. The van der Waals surface area contributed by atoms with Gasteiger partial charge in [0, 0.05) is 12.1 Å². The molecule has 0 bridgehead atoms. The van der Waals surface area contributed by atoms with Crippen molar-refractivity contribution in [3.63, 3.8) is 0 Å². The zero-order chi connectivity index (χ0) is 23.1. The normalized spacial score (nSPS) is 12.0. The molecule has 0 aliphatic rings. The lowest BCUT2D eigenvalue weighted by molar-refractivity contribution is -0.384. The quantitative estimate of drug-likeness (QED) is 0.244. The monoisotopic (exact) mass is 497 g/mol. The average Bonchev–Trinajstić information content (AvgIpc) is 3.29. The van der Waals surface area contributed by atoms with Crippen LogP contribution in [0.3, 0.4) is 0 Å². The van der Waals surface area contributed by atoms with Crippen molar-refractivity contribution in [2.24, 2.45) is 0 Å². The molecule has 2 aromatic heterocycles. The van der Waals surface area contributed by atoms with E-state index in [9.17, 15) is 14.9 Å². The van der Waals surface area contributed by atoms with Crippen LogP contribution in [0.4, 0.5) is 5.69 Å². The van der Waals surface area contributed by atoms with Gasteiger partial charge in [0.25, 0.3) is 11.2 Å². The summed E-state index contributed by atoms with van der Waals surface area (Å²) in [6, 6.07) is 16.9. The second-order valence-corrected chi connectivity index (χ2v) is 8.99. The summed E-state index contributed by atoms with van der Waals surface area (Å²) >= 11 is 14.1. The van der Waals surface area contributed by atoms with Crippen LogP contribution in [0.2, 0.25) is 10.0 Å². The van der Waals surface area contributed by atoms with Crippen LogP contribution in [0.1, 0.15) is 11.1 Å². The minimum Gasteiger partial charge on any atom is -0.486 e. The van der Waals surface area contributed by atoms with Gasteiger partial charge < -0.3 is 4.74 Å². The molecule has 0 unspecified atom stereocenters. The number of nitrogens with zero attached hydrogens (tertiary/aromatic N) is 3. The van der Waals surface area contributed by atoms with Gasteiger partial charge in [-0.25, -0.2) is 9.38 Å². The van der Waals surface area contributed by atoms with Gasteiger partial charge in [-0.2, -0.15) is 0 Å². The number of fused-ring (bicyclic) bond motifs is 3. The van der Waals surface area contributed by atoms with E-state index in [-0.39, 0.29) is 33.6 Å². The molecule has 0 spiro atoms. The minimum absolute atomic E-state index is 0.0262. The molecule has 5 rings (SSSR count). The third-order valence-corrected chi connectivity index (χ3v) is 6.50. The molecular weight excluding hydrogens is 485 g/mol. The Hall–Kier alpha value is -3.46. The first-order valence-corrected chi connectivity index (χ1v) is 11.2. The third-order valence-electron chi connectivity index (χ3n) is 4.97. The Kier molecular flexibility index (Phi) is 5.49. The van der Waals surface area contributed by atoms with Crippen LogP contribution in [-0.2, 0) is 6.61 Å². The van der Waals surface area contributed by atoms with Crippen LogP contribution in [0.15, 0.2) is 65.5 Å². The van der Waals surface area contributed by atoms with Crippen LogP contribution < -0.4 is 14.8 Å². The van der Waals surface area contributed by atoms with Gasteiger partial charge in [0.05, 0.1) is 30.5 Å². The molecule has 3 aromatic carbocycles. The Morgan fingerprint density at radius 2 is 1.85 bits per heavy atom. The maximum Gasteiger partial charge on any atom is 0.274 e. The fraction of sp³-hybridized carbons (Fsp3) is 0.0435. The standard InChI is InChI=1S/C23H13Cl2N3O4S/c24-16-9-14(10-17(25)21(16)32-12-13-4-3-5-15(8-13)28(30)31)11-20-22(29)27-19-7-2-1-6-18(19)26-23(27)33-20/h1-11H,12H2. The molecule has 7 nitrogen and oxygen atoms in total. The predicted octanol–water partition coefficient (Wildman–Crippen LogP) is 5.25. The fourth-order valence-corrected chi connectivity index (χ4v) is 5.08. The van der Waals surface area contributed by atoms with Crippen molar-refractivity contribution in [3.8, 4) is 5.75 Å². The first kappa shape index (κ1) is 21.4. The fourth-order valence-electron chi connectivity index (χ4n) is 3.48. The lowest BCUT2D eigenvalue weighted by atomic mass is 10.2. The number of non-ortho nitro benzene ring substituents is 1. The van der Waals surface area contributed by atoms with Crippen LogP contribution >= 0.6 is 34.5 Å².